The Morgan fingerprint density at radius 1 is 1.16 bits per heavy atom. The standard InChI is InChI=1S/C24H20N2O6/c1-12-9-19(28)31-17-10-18(30-4)23-22(20(12)17)21(14-5-7-15(29-3)8-6-14)16(11-25)24(32-23)26-13(2)27/h5-10,21H,1-4H3,(H,26,27). The van der Waals surface area contributed by atoms with Crippen molar-refractivity contribution in [2.45, 2.75) is 19.8 Å². The SMILES string of the molecule is COc1ccc(C2C(C#N)=C(NC(C)=O)Oc3c(OC)cc4oc(=O)cc(C)c4c32)cc1. The van der Waals surface area contributed by atoms with Crippen LogP contribution in [0.2, 0.25) is 0 Å². The lowest BCUT2D eigenvalue weighted by Crippen LogP contribution is -2.29. The van der Waals surface area contributed by atoms with Crippen LogP contribution in [0.4, 0.5) is 0 Å². The first-order chi connectivity index (χ1) is 15.4. The van der Waals surface area contributed by atoms with Crippen molar-refractivity contribution >= 4 is 16.9 Å². The van der Waals surface area contributed by atoms with Gasteiger partial charge in [0.05, 0.1) is 20.1 Å². The van der Waals surface area contributed by atoms with Gasteiger partial charge in [-0.2, -0.15) is 5.26 Å². The van der Waals surface area contributed by atoms with Gasteiger partial charge in [0.15, 0.2) is 11.5 Å². The van der Waals surface area contributed by atoms with Gasteiger partial charge < -0.3 is 18.6 Å². The van der Waals surface area contributed by atoms with E-state index >= 15 is 0 Å². The lowest BCUT2D eigenvalue weighted by molar-refractivity contribution is -0.118. The predicted molar refractivity (Wildman–Crippen MR) is 116 cm³/mol. The Hall–Kier alpha value is -4.25. The molecule has 8 nitrogen and oxygen atoms in total. The van der Waals surface area contributed by atoms with E-state index in [4.69, 9.17) is 18.6 Å². The normalized spacial score (nSPS) is 14.9. The Labute approximate surface area is 183 Å². The minimum Gasteiger partial charge on any atom is -0.497 e. The molecule has 1 aliphatic rings. The number of rotatable bonds is 4. The summed E-state index contributed by atoms with van der Waals surface area (Å²) in [5.41, 5.74) is 2.06. The van der Waals surface area contributed by atoms with Gasteiger partial charge in [-0.1, -0.05) is 12.1 Å². The van der Waals surface area contributed by atoms with Crippen molar-refractivity contribution in [2.24, 2.45) is 0 Å². The molecule has 0 bridgehead atoms. The molecule has 0 spiro atoms. The van der Waals surface area contributed by atoms with Gasteiger partial charge >= 0.3 is 5.63 Å². The molecule has 1 atom stereocenters. The number of ether oxygens (including phenoxy) is 3. The molecule has 0 saturated carbocycles. The first-order valence-electron chi connectivity index (χ1n) is 9.77. The zero-order chi connectivity index (χ0) is 23.0. The first-order valence-corrected chi connectivity index (χ1v) is 9.77. The smallest absolute Gasteiger partial charge is 0.336 e. The maximum absolute atomic E-state index is 12.0. The zero-order valence-corrected chi connectivity index (χ0v) is 17.9. The molecule has 2 aromatic carbocycles. The van der Waals surface area contributed by atoms with E-state index in [9.17, 15) is 14.9 Å². The quantitative estimate of drug-likeness (QED) is 0.628. The number of aryl methyl sites for hydroxylation is 1. The maximum Gasteiger partial charge on any atom is 0.336 e. The molecule has 2 heterocycles. The van der Waals surface area contributed by atoms with Crippen LogP contribution in [0.3, 0.4) is 0 Å². The van der Waals surface area contributed by atoms with Gasteiger partial charge in [0.25, 0.3) is 0 Å². The van der Waals surface area contributed by atoms with E-state index in [1.54, 1.807) is 32.2 Å². The van der Waals surface area contributed by atoms with Crippen molar-refractivity contribution in [3.8, 4) is 23.3 Å². The van der Waals surface area contributed by atoms with Gasteiger partial charge in [-0.05, 0) is 30.2 Å². The topological polar surface area (TPSA) is 111 Å². The third kappa shape index (κ3) is 3.44. The van der Waals surface area contributed by atoms with Crippen molar-refractivity contribution in [3.05, 3.63) is 75.0 Å². The molecule has 1 amide bonds. The molecule has 0 radical (unpaired) electrons. The largest absolute Gasteiger partial charge is 0.497 e. The summed E-state index contributed by atoms with van der Waals surface area (Å²) >= 11 is 0. The number of hydrogen-bond donors (Lipinski definition) is 1. The third-order valence-electron chi connectivity index (χ3n) is 5.29. The number of hydrogen-bond acceptors (Lipinski definition) is 7. The van der Waals surface area contributed by atoms with Gasteiger partial charge in [0, 0.05) is 30.0 Å². The molecule has 162 valence electrons. The Morgan fingerprint density at radius 2 is 1.88 bits per heavy atom. The molecule has 0 fully saturated rings. The van der Waals surface area contributed by atoms with E-state index in [0.717, 1.165) is 5.56 Å². The van der Waals surface area contributed by atoms with Gasteiger partial charge in [-0.25, -0.2) is 4.79 Å². The highest BCUT2D eigenvalue weighted by Crippen LogP contribution is 2.50. The molecular formula is C24H20N2O6. The Morgan fingerprint density at radius 3 is 2.47 bits per heavy atom. The monoisotopic (exact) mass is 432 g/mol. The molecule has 0 saturated heterocycles. The second-order valence-electron chi connectivity index (χ2n) is 7.29. The van der Waals surface area contributed by atoms with E-state index in [0.29, 0.717) is 39.3 Å². The highest BCUT2D eigenvalue weighted by atomic mass is 16.5. The molecule has 4 rings (SSSR count). The highest BCUT2D eigenvalue weighted by molar-refractivity contribution is 5.91. The molecule has 1 N–H and O–H groups in total. The second kappa shape index (κ2) is 8.12. The van der Waals surface area contributed by atoms with Crippen molar-refractivity contribution in [2.75, 3.05) is 14.2 Å². The van der Waals surface area contributed by atoms with Crippen molar-refractivity contribution < 1.29 is 23.4 Å². The Balaban J connectivity index is 2.12. The summed E-state index contributed by atoms with van der Waals surface area (Å²) in [6, 6.07) is 12.4. The summed E-state index contributed by atoms with van der Waals surface area (Å²) in [4.78, 5) is 23.9. The predicted octanol–water partition coefficient (Wildman–Crippen LogP) is 3.51. The number of carbonyl (C=O) groups excluding carboxylic acids is 1. The van der Waals surface area contributed by atoms with E-state index in [-0.39, 0.29) is 17.4 Å². The lowest BCUT2D eigenvalue weighted by atomic mass is 9.80. The summed E-state index contributed by atoms with van der Waals surface area (Å²) in [5.74, 6) is 0.316. The zero-order valence-electron chi connectivity index (χ0n) is 17.9. The highest BCUT2D eigenvalue weighted by Gasteiger charge is 2.36. The Bertz CT molecular complexity index is 1360. The number of fused-ring (bicyclic) bond motifs is 3. The number of nitriles is 1. The van der Waals surface area contributed by atoms with Crippen LogP contribution in [-0.4, -0.2) is 20.1 Å². The second-order valence-corrected chi connectivity index (χ2v) is 7.29. The number of amides is 1. The fourth-order valence-corrected chi connectivity index (χ4v) is 3.97. The van der Waals surface area contributed by atoms with Crippen LogP contribution >= 0.6 is 0 Å². The molecular weight excluding hydrogens is 412 g/mol. The van der Waals surface area contributed by atoms with Gasteiger partial charge in [-0.3, -0.25) is 10.1 Å². The molecule has 8 heteroatoms. The van der Waals surface area contributed by atoms with E-state index in [1.165, 1.54) is 20.1 Å². The van der Waals surface area contributed by atoms with E-state index in [2.05, 4.69) is 11.4 Å². The summed E-state index contributed by atoms with van der Waals surface area (Å²) in [5, 5.41) is 13.3. The van der Waals surface area contributed by atoms with Crippen LogP contribution in [-0.2, 0) is 4.79 Å². The lowest BCUT2D eigenvalue weighted by Gasteiger charge is -2.30. The average Bonchev–Trinajstić information content (AvgIpc) is 2.77. The van der Waals surface area contributed by atoms with Gasteiger partial charge in [0.2, 0.25) is 11.8 Å². The van der Waals surface area contributed by atoms with Gasteiger partial charge in [-0.15, -0.1) is 0 Å². The van der Waals surface area contributed by atoms with Crippen LogP contribution in [0.5, 0.6) is 17.2 Å². The van der Waals surface area contributed by atoms with Crippen molar-refractivity contribution in [3.63, 3.8) is 0 Å². The minimum absolute atomic E-state index is 0.0287. The number of allylic oxidation sites excluding steroid dienone is 1. The van der Waals surface area contributed by atoms with Crippen LogP contribution in [0.25, 0.3) is 11.0 Å². The molecule has 1 aliphatic heterocycles. The summed E-state index contributed by atoms with van der Waals surface area (Å²) < 4.78 is 22.2. The van der Waals surface area contributed by atoms with Crippen LogP contribution in [0, 0.1) is 18.3 Å². The maximum atomic E-state index is 12.0. The van der Waals surface area contributed by atoms with Crippen LogP contribution in [0.1, 0.15) is 29.5 Å². The summed E-state index contributed by atoms with van der Waals surface area (Å²) in [7, 11) is 3.03. The van der Waals surface area contributed by atoms with Crippen LogP contribution in [0.15, 0.2) is 57.1 Å². The summed E-state index contributed by atoms with van der Waals surface area (Å²) in [6.45, 7) is 3.12. The van der Waals surface area contributed by atoms with Gasteiger partial charge in [0.1, 0.15) is 23.0 Å². The molecule has 1 aromatic heterocycles. The van der Waals surface area contributed by atoms with Crippen molar-refractivity contribution in [1.82, 2.24) is 5.32 Å². The number of methoxy groups -OCH3 is 2. The van der Waals surface area contributed by atoms with Crippen LogP contribution < -0.4 is 25.2 Å². The van der Waals surface area contributed by atoms with Crippen molar-refractivity contribution in [1.29, 1.82) is 5.26 Å². The molecule has 0 aliphatic carbocycles. The fourth-order valence-electron chi connectivity index (χ4n) is 3.97. The average molecular weight is 432 g/mol. The number of benzene rings is 2. The molecule has 32 heavy (non-hydrogen) atoms. The Kier molecular flexibility index (Phi) is 5.33. The third-order valence-corrected chi connectivity index (χ3v) is 5.29. The number of nitrogens with zero attached hydrogens (tertiary/aromatic N) is 1. The minimum atomic E-state index is -0.625. The molecule has 1 unspecified atom stereocenters. The van der Waals surface area contributed by atoms with E-state index in [1.807, 2.05) is 12.1 Å². The van der Waals surface area contributed by atoms with E-state index < -0.39 is 11.5 Å². The molecule has 3 aromatic rings. The number of carbonyl (C=O) groups is 1. The first kappa shape index (κ1) is 21.0. The summed E-state index contributed by atoms with van der Waals surface area (Å²) in [6.07, 6.45) is 0. The number of nitrogens with one attached hydrogen (secondary N) is 1. The fraction of sp³-hybridized carbons (Fsp3) is 0.208.